The van der Waals surface area contributed by atoms with Crippen LogP contribution in [0.5, 0.6) is 0 Å². The molecule has 1 aromatic rings. The number of hydrogen-bond donors (Lipinski definition) is 1. The van der Waals surface area contributed by atoms with E-state index in [4.69, 9.17) is 4.74 Å². The van der Waals surface area contributed by atoms with Gasteiger partial charge in [0.2, 0.25) is 0 Å². The Morgan fingerprint density at radius 2 is 2.44 bits per heavy atom. The van der Waals surface area contributed by atoms with Gasteiger partial charge in [0.15, 0.2) is 12.0 Å². The molecule has 1 N–H and O–H groups in total. The smallest absolute Gasteiger partial charge is 0.172 e. The maximum atomic E-state index is 10.7. The molecule has 0 aliphatic heterocycles. The molecule has 0 amide bonds. The molecule has 1 aromatic heterocycles. The molecule has 1 atom stereocenters. The van der Waals surface area contributed by atoms with Crippen molar-refractivity contribution in [3.8, 4) is 0 Å². The van der Waals surface area contributed by atoms with Gasteiger partial charge < -0.3 is 9.84 Å². The lowest BCUT2D eigenvalue weighted by molar-refractivity contribution is 0.110. The van der Waals surface area contributed by atoms with Crippen molar-refractivity contribution in [1.29, 1.82) is 0 Å². The van der Waals surface area contributed by atoms with Crippen molar-refractivity contribution in [3.05, 3.63) is 11.4 Å². The van der Waals surface area contributed by atoms with Gasteiger partial charge in [-0.3, -0.25) is 4.79 Å². The number of hydrogen-bond acceptors (Lipinski definition) is 5. The fraction of sp³-hybridized carbons (Fsp3) is 0.700. The Kier molecular flexibility index (Phi) is 3.31. The lowest BCUT2D eigenvalue weighted by Crippen LogP contribution is -2.21. The Morgan fingerprint density at radius 1 is 1.69 bits per heavy atom. The number of nitrogens with zero attached hydrogens (tertiary/aromatic N) is 3. The van der Waals surface area contributed by atoms with E-state index in [9.17, 15) is 9.90 Å². The zero-order valence-electron chi connectivity index (χ0n) is 9.17. The first-order valence-corrected chi connectivity index (χ1v) is 5.30. The average Bonchev–Trinajstić information content (AvgIpc) is 3.05. The van der Waals surface area contributed by atoms with E-state index in [1.165, 1.54) is 0 Å². The summed E-state index contributed by atoms with van der Waals surface area (Å²) in [6.45, 7) is 0.655. The van der Waals surface area contributed by atoms with E-state index in [1.54, 1.807) is 11.8 Å². The summed E-state index contributed by atoms with van der Waals surface area (Å²) in [4.78, 5) is 10.7. The lowest BCUT2D eigenvalue weighted by atomic mass is 10.2. The fourth-order valence-corrected chi connectivity index (χ4v) is 1.68. The van der Waals surface area contributed by atoms with E-state index in [-0.39, 0.29) is 12.3 Å². The number of aliphatic hydroxyl groups excluding tert-OH is 1. The van der Waals surface area contributed by atoms with Crippen LogP contribution in [0.3, 0.4) is 0 Å². The van der Waals surface area contributed by atoms with Crippen molar-refractivity contribution in [1.82, 2.24) is 15.0 Å². The standard InChI is InChI=1S/C10H15N3O3/c1-16-6-9-8(5-14)11-12-13(9)4-10(15)7-2-3-7/h5,7,10,15H,2-4,6H2,1H3. The topological polar surface area (TPSA) is 77.2 Å². The molecule has 0 saturated heterocycles. The quantitative estimate of drug-likeness (QED) is 0.690. The second kappa shape index (κ2) is 4.71. The van der Waals surface area contributed by atoms with E-state index in [2.05, 4.69) is 10.3 Å². The molecule has 0 aromatic carbocycles. The van der Waals surface area contributed by atoms with Gasteiger partial charge in [-0.05, 0) is 18.8 Å². The van der Waals surface area contributed by atoms with E-state index >= 15 is 0 Å². The van der Waals surface area contributed by atoms with Gasteiger partial charge in [0.05, 0.1) is 24.9 Å². The number of ether oxygens (including phenoxy) is 1. The molecule has 1 saturated carbocycles. The highest BCUT2D eigenvalue weighted by molar-refractivity contribution is 5.73. The normalized spacial score (nSPS) is 17.4. The second-order valence-corrected chi connectivity index (χ2v) is 4.06. The largest absolute Gasteiger partial charge is 0.391 e. The van der Waals surface area contributed by atoms with Crippen molar-refractivity contribution in [3.63, 3.8) is 0 Å². The zero-order chi connectivity index (χ0) is 11.5. The molecule has 1 aliphatic rings. The maximum Gasteiger partial charge on any atom is 0.172 e. The van der Waals surface area contributed by atoms with Gasteiger partial charge in [0.1, 0.15) is 0 Å². The number of methoxy groups -OCH3 is 1. The third kappa shape index (κ3) is 2.28. The van der Waals surface area contributed by atoms with E-state index < -0.39 is 6.10 Å². The fourth-order valence-electron chi connectivity index (χ4n) is 1.68. The summed E-state index contributed by atoms with van der Waals surface area (Å²) in [7, 11) is 1.54. The van der Waals surface area contributed by atoms with Crippen LogP contribution in [-0.2, 0) is 17.9 Å². The second-order valence-electron chi connectivity index (χ2n) is 4.06. The third-order valence-electron chi connectivity index (χ3n) is 2.79. The lowest BCUT2D eigenvalue weighted by Gasteiger charge is -2.11. The molecule has 1 aliphatic carbocycles. The Hall–Kier alpha value is -1.27. The molecule has 1 heterocycles. The van der Waals surface area contributed by atoms with Crippen molar-refractivity contribution in [2.45, 2.75) is 32.1 Å². The summed E-state index contributed by atoms with van der Waals surface area (Å²) in [5.41, 5.74) is 0.905. The van der Waals surface area contributed by atoms with Crippen LogP contribution < -0.4 is 0 Å². The number of carbonyl (C=O) groups excluding carboxylic acids is 1. The summed E-state index contributed by atoms with van der Waals surface area (Å²) < 4.78 is 6.54. The highest BCUT2D eigenvalue weighted by Gasteiger charge is 2.30. The molecule has 2 rings (SSSR count). The molecule has 1 fully saturated rings. The summed E-state index contributed by atoms with van der Waals surface area (Å²) >= 11 is 0. The van der Waals surface area contributed by atoms with Gasteiger partial charge >= 0.3 is 0 Å². The molecule has 6 nitrogen and oxygen atoms in total. The van der Waals surface area contributed by atoms with Gasteiger partial charge in [0, 0.05) is 7.11 Å². The van der Waals surface area contributed by atoms with Gasteiger partial charge in [-0.2, -0.15) is 0 Å². The highest BCUT2D eigenvalue weighted by atomic mass is 16.5. The molecule has 0 spiro atoms. The Labute approximate surface area is 93.2 Å². The molecule has 1 unspecified atom stereocenters. The molecule has 16 heavy (non-hydrogen) atoms. The van der Waals surface area contributed by atoms with Crippen LogP contribution >= 0.6 is 0 Å². The molecule has 0 bridgehead atoms. The molecular formula is C10H15N3O3. The number of aliphatic hydroxyl groups is 1. The van der Waals surface area contributed by atoms with Crippen molar-refractivity contribution >= 4 is 6.29 Å². The van der Waals surface area contributed by atoms with Crippen LogP contribution in [0, 0.1) is 5.92 Å². The summed E-state index contributed by atoms with van der Waals surface area (Å²) in [6.07, 6.45) is 2.38. The third-order valence-corrected chi connectivity index (χ3v) is 2.79. The molecule has 6 heteroatoms. The van der Waals surface area contributed by atoms with Gasteiger partial charge in [-0.25, -0.2) is 4.68 Å². The summed E-state index contributed by atoms with van der Waals surface area (Å²) in [5, 5.41) is 17.4. The first-order valence-electron chi connectivity index (χ1n) is 5.30. The SMILES string of the molecule is COCc1c(C=O)nnn1CC(O)C1CC1. The number of aromatic nitrogens is 3. The number of carbonyl (C=O) groups is 1. The Morgan fingerprint density at radius 3 is 3.00 bits per heavy atom. The maximum absolute atomic E-state index is 10.7. The Balaban J connectivity index is 2.11. The molecular weight excluding hydrogens is 210 g/mol. The molecule has 88 valence electrons. The molecule has 0 radical (unpaired) electrons. The summed E-state index contributed by atoms with van der Waals surface area (Å²) in [6, 6.07) is 0. The van der Waals surface area contributed by atoms with Crippen molar-refractivity contribution in [2.24, 2.45) is 5.92 Å². The van der Waals surface area contributed by atoms with Crippen LogP contribution in [-0.4, -0.2) is 39.6 Å². The number of rotatable bonds is 6. The van der Waals surface area contributed by atoms with Crippen LogP contribution in [0.4, 0.5) is 0 Å². The van der Waals surface area contributed by atoms with E-state index in [0.717, 1.165) is 12.8 Å². The monoisotopic (exact) mass is 225 g/mol. The van der Waals surface area contributed by atoms with E-state index in [1.807, 2.05) is 0 Å². The Bertz CT molecular complexity index is 373. The predicted molar refractivity (Wildman–Crippen MR) is 54.9 cm³/mol. The van der Waals surface area contributed by atoms with Crippen molar-refractivity contribution < 1.29 is 14.6 Å². The van der Waals surface area contributed by atoms with E-state index in [0.29, 0.717) is 24.4 Å². The number of aldehydes is 1. The van der Waals surface area contributed by atoms with Crippen LogP contribution in [0.1, 0.15) is 29.0 Å². The van der Waals surface area contributed by atoms with Crippen molar-refractivity contribution in [2.75, 3.05) is 7.11 Å². The minimum Gasteiger partial charge on any atom is -0.391 e. The minimum absolute atomic E-state index is 0.276. The van der Waals surface area contributed by atoms with Gasteiger partial charge in [-0.1, -0.05) is 5.21 Å². The first kappa shape index (κ1) is 11.2. The predicted octanol–water partition coefficient (Wildman–Crippen LogP) is 0.00790. The minimum atomic E-state index is -0.406. The first-order chi connectivity index (χ1) is 7.76. The van der Waals surface area contributed by atoms with Crippen LogP contribution in [0.25, 0.3) is 0 Å². The average molecular weight is 225 g/mol. The zero-order valence-corrected chi connectivity index (χ0v) is 9.17. The highest BCUT2D eigenvalue weighted by Crippen LogP contribution is 2.33. The van der Waals surface area contributed by atoms with Gasteiger partial charge in [-0.15, -0.1) is 5.10 Å². The van der Waals surface area contributed by atoms with Crippen LogP contribution in [0.15, 0.2) is 0 Å². The van der Waals surface area contributed by atoms with Gasteiger partial charge in [0.25, 0.3) is 0 Å². The van der Waals surface area contributed by atoms with Crippen LogP contribution in [0.2, 0.25) is 0 Å². The summed E-state index contributed by atoms with van der Waals surface area (Å²) in [5.74, 6) is 0.374.